The summed E-state index contributed by atoms with van der Waals surface area (Å²) in [6.45, 7) is 6.09. The fourth-order valence-electron chi connectivity index (χ4n) is 5.62. The first-order chi connectivity index (χ1) is 18.7. The topological polar surface area (TPSA) is 97.4 Å². The van der Waals surface area contributed by atoms with Crippen LogP contribution in [0.25, 0.3) is 0 Å². The number of H-pyrrole nitrogens is 1. The molecule has 2 saturated heterocycles. The van der Waals surface area contributed by atoms with Gasteiger partial charge in [0.25, 0.3) is 0 Å². The van der Waals surface area contributed by atoms with Crippen molar-refractivity contribution in [1.82, 2.24) is 20.1 Å². The molecule has 4 heterocycles. The van der Waals surface area contributed by atoms with E-state index in [4.69, 9.17) is 11.6 Å². The number of halogens is 3. The predicted octanol–water partition coefficient (Wildman–Crippen LogP) is 5.69. The van der Waals surface area contributed by atoms with Gasteiger partial charge in [-0.05, 0) is 45.2 Å². The number of rotatable bonds is 9. The zero-order valence-corrected chi connectivity index (χ0v) is 22.9. The highest BCUT2D eigenvalue weighted by Crippen LogP contribution is 2.42. The largest absolute Gasteiger partial charge is 0.481 e. The first-order valence-corrected chi connectivity index (χ1v) is 13.7. The number of pyridine rings is 1. The minimum absolute atomic E-state index is 0.0417. The van der Waals surface area contributed by atoms with E-state index in [1.54, 1.807) is 18.2 Å². The Labute approximate surface area is 231 Å². The van der Waals surface area contributed by atoms with Gasteiger partial charge in [-0.3, -0.25) is 14.8 Å². The molecule has 208 valence electrons. The third-order valence-corrected chi connectivity index (χ3v) is 8.31. The fourth-order valence-corrected chi connectivity index (χ4v) is 5.82. The van der Waals surface area contributed by atoms with E-state index in [1.807, 2.05) is 24.8 Å². The van der Waals surface area contributed by atoms with Crippen LogP contribution in [0.5, 0.6) is 0 Å². The second-order valence-corrected chi connectivity index (χ2v) is 11.1. The van der Waals surface area contributed by atoms with Crippen LogP contribution in [-0.4, -0.2) is 56.8 Å². The minimum atomic E-state index is -1.20. The second kappa shape index (κ2) is 11.1. The summed E-state index contributed by atoms with van der Waals surface area (Å²) >= 11 is 5.98. The van der Waals surface area contributed by atoms with Crippen LogP contribution in [0.2, 0.25) is 5.02 Å². The maximum atomic E-state index is 15.9. The highest BCUT2D eigenvalue weighted by atomic mass is 35.5. The molecule has 0 saturated carbocycles. The molecule has 2 aromatic heterocycles. The number of carboxylic acids is 1. The monoisotopic (exact) mass is 558 g/mol. The van der Waals surface area contributed by atoms with Gasteiger partial charge in [-0.15, -0.1) is 0 Å². The molecular weight excluding hydrogens is 526 g/mol. The molecule has 0 bridgehead atoms. The molecule has 2 aliphatic rings. The molecule has 3 aromatic rings. The third kappa shape index (κ3) is 5.58. The number of nitrogens with zero attached hydrogens (tertiary/aromatic N) is 4. The van der Waals surface area contributed by atoms with Crippen LogP contribution in [-0.2, 0) is 17.8 Å². The normalized spacial score (nSPS) is 21.6. The van der Waals surface area contributed by atoms with Crippen molar-refractivity contribution in [2.75, 3.05) is 29.9 Å². The van der Waals surface area contributed by atoms with Gasteiger partial charge in [0, 0.05) is 55.5 Å². The first-order valence-electron chi connectivity index (χ1n) is 13.3. The number of carbonyl (C=O) groups is 1. The number of aliphatic carboxylic acids is 1. The maximum absolute atomic E-state index is 15.9. The van der Waals surface area contributed by atoms with Crippen LogP contribution in [0.3, 0.4) is 0 Å². The van der Waals surface area contributed by atoms with Crippen LogP contribution in [0.1, 0.15) is 49.6 Å². The Morgan fingerprint density at radius 1 is 1.23 bits per heavy atom. The second-order valence-electron chi connectivity index (χ2n) is 10.7. The average Bonchev–Trinajstić information content (AvgIpc) is 3.28. The van der Waals surface area contributed by atoms with E-state index < -0.39 is 23.0 Å². The van der Waals surface area contributed by atoms with Crippen molar-refractivity contribution >= 4 is 34.9 Å². The Morgan fingerprint density at radius 2 is 2.03 bits per heavy atom. The van der Waals surface area contributed by atoms with E-state index in [1.165, 1.54) is 6.07 Å². The number of nitrogens with one attached hydrogen (secondary N) is 2. The van der Waals surface area contributed by atoms with Crippen molar-refractivity contribution in [3.8, 4) is 0 Å². The first kappa shape index (κ1) is 27.3. The summed E-state index contributed by atoms with van der Waals surface area (Å²) in [6, 6.07) is 8.27. The van der Waals surface area contributed by atoms with Crippen molar-refractivity contribution in [2.24, 2.45) is 5.41 Å². The number of anilines is 3. The van der Waals surface area contributed by atoms with Crippen molar-refractivity contribution in [3.05, 3.63) is 63.9 Å². The summed E-state index contributed by atoms with van der Waals surface area (Å²) in [4.78, 5) is 21.4. The number of aromatic nitrogens is 3. The Balaban J connectivity index is 1.43. The summed E-state index contributed by atoms with van der Waals surface area (Å²) in [5, 5.41) is 20.7. The van der Waals surface area contributed by atoms with Gasteiger partial charge in [0.2, 0.25) is 0 Å². The molecule has 0 spiro atoms. The van der Waals surface area contributed by atoms with Gasteiger partial charge in [-0.25, -0.2) is 13.8 Å². The number of hydrogen-bond acceptors (Lipinski definition) is 6. The number of likely N-dealkylation sites (tertiary alicyclic amines) is 1. The number of piperidine rings is 1. The van der Waals surface area contributed by atoms with Crippen LogP contribution < -0.4 is 10.2 Å². The number of carboxylic acid groups (broad SMARTS) is 1. The highest BCUT2D eigenvalue weighted by molar-refractivity contribution is 6.30. The van der Waals surface area contributed by atoms with Gasteiger partial charge in [0.1, 0.15) is 11.6 Å². The van der Waals surface area contributed by atoms with E-state index in [0.29, 0.717) is 48.8 Å². The third-order valence-electron chi connectivity index (χ3n) is 8.02. The van der Waals surface area contributed by atoms with E-state index in [9.17, 15) is 14.3 Å². The summed E-state index contributed by atoms with van der Waals surface area (Å²) in [7, 11) is 0. The Bertz CT molecular complexity index is 1360. The summed E-state index contributed by atoms with van der Waals surface area (Å²) in [6.07, 6.45) is 2.19. The molecule has 3 N–H and O–H groups in total. The number of benzene rings is 1. The molecule has 39 heavy (non-hydrogen) atoms. The van der Waals surface area contributed by atoms with Crippen molar-refractivity contribution in [3.63, 3.8) is 0 Å². The van der Waals surface area contributed by atoms with Gasteiger partial charge < -0.3 is 15.3 Å². The molecule has 2 fully saturated rings. The molecule has 0 aliphatic carbocycles. The fraction of sp³-hybridized carbons (Fsp3) is 0.464. The Kier molecular flexibility index (Phi) is 7.77. The smallest absolute Gasteiger partial charge is 0.310 e. The summed E-state index contributed by atoms with van der Waals surface area (Å²) < 4.78 is 30.5. The lowest BCUT2D eigenvalue weighted by Crippen LogP contribution is -2.50. The predicted molar refractivity (Wildman–Crippen MR) is 147 cm³/mol. The molecule has 11 heteroatoms. The molecule has 8 nitrogen and oxygen atoms in total. The molecular formula is C28H33ClF2N6O2. The summed E-state index contributed by atoms with van der Waals surface area (Å²) in [5.41, 5.74) is 0.681. The molecule has 5 rings (SSSR count). The van der Waals surface area contributed by atoms with E-state index in [0.717, 1.165) is 25.2 Å². The van der Waals surface area contributed by atoms with Gasteiger partial charge in [0.15, 0.2) is 11.6 Å². The van der Waals surface area contributed by atoms with E-state index in [2.05, 4.69) is 25.4 Å². The van der Waals surface area contributed by atoms with Crippen LogP contribution in [0.15, 0.2) is 30.3 Å². The van der Waals surface area contributed by atoms with Crippen molar-refractivity contribution < 1.29 is 18.7 Å². The number of hydrogen-bond donors (Lipinski definition) is 3. The summed E-state index contributed by atoms with van der Waals surface area (Å²) in [5.74, 6) is -0.933. The van der Waals surface area contributed by atoms with Gasteiger partial charge >= 0.3 is 5.97 Å². The van der Waals surface area contributed by atoms with Crippen LogP contribution in [0, 0.1) is 24.0 Å². The molecule has 2 aliphatic heterocycles. The number of aryl methyl sites for hydroxylation is 1. The van der Waals surface area contributed by atoms with Crippen LogP contribution >= 0.6 is 11.6 Å². The standard InChI is InChI=1S/C28H33ClF2N6O2/c1-3-19-14-28(27(38)39,8-11-37(19)16-18-6-4-7-20(29)25(18)30)15-21-26(31)22(36-9-5-10-36)13-23(32-21)33-24-12-17(2)34-35-24/h4,6-7,12-13,19H,3,5,8-11,14-16H2,1-2H3,(H,38,39)(H2,32,33,34,35)/t19-,28-/m1/s1. The lowest BCUT2D eigenvalue weighted by molar-refractivity contribution is -0.154. The minimum Gasteiger partial charge on any atom is -0.481 e. The molecule has 2 atom stereocenters. The zero-order valence-electron chi connectivity index (χ0n) is 22.1. The Morgan fingerprint density at radius 3 is 2.67 bits per heavy atom. The molecule has 0 unspecified atom stereocenters. The average molecular weight is 559 g/mol. The number of aromatic amines is 1. The molecule has 0 amide bonds. The highest BCUT2D eigenvalue weighted by Gasteiger charge is 2.46. The van der Waals surface area contributed by atoms with E-state index in [-0.39, 0.29) is 29.6 Å². The maximum Gasteiger partial charge on any atom is 0.310 e. The zero-order chi connectivity index (χ0) is 27.7. The lowest BCUT2D eigenvalue weighted by atomic mass is 9.71. The molecule has 0 radical (unpaired) electrons. The van der Waals surface area contributed by atoms with Crippen molar-refractivity contribution in [1.29, 1.82) is 0 Å². The van der Waals surface area contributed by atoms with Crippen molar-refractivity contribution in [2.45, 2.75) is 58.5 Å². The Hall–Kier alpha value is -3.24. The van der Waals surface area contributed by atoms with E-state index >= 15 is 4.39 Å². The lowest BCUT2D eigenvalue weighted by Gasteiger charge is -2.44. The van der Waals surface area contributed by atoms with Crippen LogP contribution in [0.4, 0.5) is 26.1 Å². The quantitative estimate of drug-likeness (QED) is 0.310. The van der Waals surface area contributed by atoms with Gasteiger partial charge in [0.05, 0.1) is 21.8 Å². The molecule has 1 aromatic carbocycles. The SMILES string of the molecule is CC[C@@H]1C[C@](Cc2nc(Nc3cc(C)[nH]n3)cc(N3CCC3)c2F)(C(=O)O)CCN1Cc1cccc(Cl)c1F. The van der Waals surface area contributed by atoms with Gasteiger partial charge in [-0.1, -0.05) is 30.7 Å². The van der Waals surface area contributed by atoms with Gasteiger partial charge in [-0.2, -0.15) is 5.10 Å².